The number of pyridine rings is 1. The fraction of sp³-hybridized carbons (Fsp3) is 0.222. The monoisotopic (exact) mass is 341 g/mol. The van der Waals surface area contributed by atoms with E-state index >= 15 is 0 Å². The van der Waals surface area contributed by atoms with Crippen LogP contribution in [-0.4, -0.2) is 35.9 Å². The van der Waals surface area contributed by atoms with Crippen molar-refractivity contribution < 1.29 is 19.1 Å². The van der Waals surface area contributed by atoms with Gasteiger partial charge < -0.3 is 15.4 Å². The number of hydrogen-bond donors (Lipinski definition) is 2. The fourth-order valence-electron chi connectivity index (χ4n) is 2.11. The predicted octanol–water partition coefficient (Wildman–Crippen LogP) is 2.26. The van der Waals surface area contributed by atoms with Gasteiger partial charge in [0.25, 0.3) is 11.8 Å². The first-order valence-electron chi connectivity index (χ1n) is 7.68. The van der Waals surface area contributed by atoms with Crippen molar-refractivity contribution in [3.05, 3.63) is 59.4 Å². The van der Waals surface area contributed by atoms with E-state index in [1.807, 2.05) is 13.8 Å². The smallest absolute Gasteiger partial charge is 0.339 e. The van der Waals surface area contributed by atoms with Crippen molar-refractivity contribution in [1.82, 2.24) is 10.3 Å². The largest absolute Gasteiger partial charge is 0.465 e. The number of anilines is 1. The maximum Gasteiger partial charge on any atom is 0.339 e. The zero-order valence-electron chi connectivity index (χ0n) is 14.2. The van der Waals surface area contributed by atoms with Crippen LogP contribution in [0.15, 0.2) is 42.6 Å². The number of amides is 2. The second kappa shape index (κ2) is 8.05. The van der Waals surface area contributed by atoms with E-state index in [-0.39, 0.29) is 28.8 Å². The molecule has 0 radical (unpaired) electrons. The predicted molar refractivity (Wildman–Crippen MR) is 92.6 cm³/mol. The highest BCUT2D eigenvalue weighted by Crippen LogP contribution is 2.17. The molecule has 0 atom stereocenters. The van der Waals surface area contributed by atoms with Crippen molar-refractivity contribution >= 4 is 23.5 Å². The van der Waals surface area contributed by atoms with E-state index in [4.69, 9.17) is 4.74 Å². The average molecular weight is 341 g/mol. The Labute approximate surface area is 145 Å². The van der Waals surface area contributed by atoms with E-state index in [0.29, 0.717) is 5.69 Å². The zero-order valence-corrected chi connectivity index (χ0v) is 14.2. The topological polar surface area (TPSA) is 97.4 Å². The molecular formula is C18H19N3O4. The van der Waals surface area contributed by atoms with Crippen LogP contribution in [-0.2, 0) is 4.74 Å². The SMILES string of the molecule is COC(=O)c1ccccc1NC(=O)c1ccnc(C(=O)NC(C)C)c1. The third-order valence-corrected chi connectivity index (χ3v) is 3.26. The Morgan fingerprint density at radius 2 is 1.80 bits per heavy atom. The first kappa shape index (κ1) is 18.1. The van der Waals surface area contributed by atoms with Crippen molar-refractivity contribution in [2.24, 2.45) is 0 Å². The Bertz CT molecular complexity index is 802. The van der Waals surface area contributed by atoms with Gasteiger partial charge in [-0.1, -0.05) is 12.1 Å². The molecule has 0 aliphatic heterocycles. The summed E-state index contributed by atoms with van der Waals surface area (Å²) in [6.07, 6.45) is 1.39. The lowest BCUT2D eigenvalue weighted by molar-refractivity contribution is 0.0601. The summed E-state index contributed by atoms with van der Waals surface area (Å²) in [4.78, 5) is 40.2. The number of para-hydroxylation sites is 1. The van der Waals surface area contributed by atoms with E-state index in [1.54, 1.807) is 24.3 Å². The fourth-order valence-corrected chi connectivity index (χ4v) is 2.11. The molecule has 2 amide bonds. The Kier molecular flexibility index (Phi) is 5.84. The Hall–Kier alpha value is -3.22. The van der Waals surface area contributed by atoms with Gasteiger partial charge in [-0.15, -0.1) is 0 Å². The van der Waals surface area contributed by atoms with E-state index in [2.05, 4.69) is 15.6 Å². The highest BCUT2D eigenvalue weighted by molar-refractivity contribution is 6.08. The van der Waals surface area contributed by atoms with E-state index in [1.165, 1.54) is 25.4 Å². The number of hydrogen-bond acceptors (Lipinski definition) is 5. The molecule has 130 valence electrons. The number of nitrogens with zero attached hydrogens (tertiary/aromatic N) is 1. The van der Waals surface area contributed by atoms with Crippen molar-refractivity contribution in [1.29, 1.82) is 0 Å². The number of ether oxygens (including phenoxy) is 1. The molecule has 2 aromatic rings. The number of rotatable bonds is 5. The van der Waals surface area contributed by atoms with E-state index in [9.17, 15) is 14.4 Å². The number of carbonyl (C=O) groups excluding carboxylic acids is 3. The molecule has 0 saturated heterocycles. The number of esters is 1. The van der Waals surface area contributed by atoms with Crippen LogP contribution in [0.4, 0.5) is 5.69 Å². The van der Waals surface area contributed by atoms with Gasteiger partial charge in [0.05, 0.1) is 18.4 Å². The van der Waals surface area contributed by atoms with Crippen LogP contribution in [0.3, 0.4) is 0 Å². The Morgan fingerprint density at radius 1 is 1.08 bits per heavy atom. The summed E-state index contributed by atoms with van der Waals surface area (Å²) in [7, 11) is 1.27. The summed E-state index contributed by atoms with van der Waals surface area (Å²) in [6.45, 7) is 3.66. The summed E-state index contributed by atoms with van der Waals surface area (Å²) in [5, 5.41) is 5.36. The maximum atomic E-state index is 12.5. The molecule has 1 aromatic carbocycles. The molecule has 0 unspecified atom stereocenters. The van der Waals surface area contributed by atoms with Crippen molar-refractivity contribution in [2.75, 3.05) is 12.4 Å². The molecule has 7 nitrogen and oxygen atoms in total. The minimum Gasteiger partial charge on any atom is -0.465 e. The van der Waals surface area contributed by atoms with Crippen LogP contribution >= 0.6 is 0 Å². The van der Waals surface area contributed by atoms with E-state index in [0.717, 1.165) is 0 Å². The number of carbonyl (C=O) groups is 3. The van der Waals surface area contributed by atoms with Crippen LogP contribution in [0.5, 0.6) is 0 Å². The molecule has 0 saturated carbocycles. The van der Waals surface area contributed by atoms with Gasteiger partial charge in [0.15, 0.2) is 0 Å². The molecule has 0 spiro atoms. The van der Waals surface area contributed by atoms with Crippen molar-refractivity contribution in [3.8, 4) is 0 Å². The molecule has 0 bridgehead atoms. The minimum atomic E-state index is -0.553. The molecule has 7 heteroatoms. The van der Waals surface area contributed by atoms with Crippen LogP contribution in [0.1, 0.15) is 45.1 Å². The average Bonchev–Trinajstić information content (AvgIpc) is 2.61. The van der Waals surface area contributed by atoms with Crippen LogP contribution in [0.25, 0.3) is 0 Å². The number of benzene rings is 1. The molecular weight excluding hydrogens is 322 g/mol. The van der Waals surface area contributed by atoms with E-state index < -0.39 is 11.9 Å². The maximum absolute atomic E-state index is 12.5. The second-order valence-electron chi connectivity index (χ2n) is 5.55. The molecule has 0 fully saturated rings. The first-order chi connectivity index (χ1) is 11.9. The number of aromatic nitrogens is 1. The third-order valence-electron chi connectivity index (χ3n) is 3.26. The van der Waals surface area contributed by atoms with Gasteiger partial charge in [0, 0.05) is 17.8 Å². The van der Waals surface area contributed by atoms with Gasteiger partial charge in [-0.3, -0.25) is 14.6 Å². The standard InChI is InChI=1S/C18H19N3O4/c1-11(2)20-17(23)15-10-12(8-9-19-15)16(22)21-14-7-5-4-6-13(14)18(24)25-3/h4-11H,1-3H3,(H,20,23)(H,21,22). The highest BCUT2D eigenvalue weighted by Gasteiger charge is 2.16. The van der Waals surface area contributed by atoms with Gasteiger partial charge >= 0.3 is 5.97 Å². The lowest BCUT2D eigenvalue weighted by atomic mass is 10.1. The highest BCUT2D eigenvalue weighted by atomic mass is 16.5. The molecule has 0 aliphatic carbocycles. The summed E-state index contributed by atoms with van der Waals surface area (Å²) >= 11 is 0. The zero-order chi connectivity index (χ0) is 18.4. The Morgan fingerprint density at radius 3 is 2.48 bits per heavy atom. The second-order valence-corrected chi connectivity index (χ2v) is 5.55. The third kappa shape index (κ3) is 4.63. The lowest BCUT2D eigenvalue weighted by Crippen LogP contribution is -2.31. The van der Waals surface area contributed by atoms with Crippen LogP contribution in [0.2, 0.25) is 0 Å². The van der Waals surface area contributed by atoms with Gasteiger partial charge in [0.1, 0.15) is 5.69 Å². The minimum absolute atomic E-state index is 0.0429. The molecule has 1 heterocycles. The molecule has 25 heavy (non-hydrogen) atoms. The summed E-state index contributed by atoms with van der Waals surface area (Å²) in [5.74, 6) is -1.38. The number of methoxy groups -OCH3 is 1. The van der Waals surface area contributed by atoms with Gasteiger partial charge in [0.2, 0.25) is 0 Å². The Balaban J connectivity index is 2.22. The molecule has 0 aliphatic rings. The van der Waals surface area contributed by atoms with Crippen molar-refractivity contribution in [2.45, 2.75) is 19.9 Å². The normalized spacial score (nSPS) is 10.2. The van der Waals surface area contributed by atoms with Crippen LogP contribution < -0.4 is 10.6 Å². The molecule has 2 rings (SSSR count). The molecule has 2 N–H and O–H groups in total. The lowest BCUT2D eigenvalue weighted by Gasteiger charge is -2.11. The molecule has 1 aromatic heterocycles. The summed E-state index contributed by atoms with van der Waals surface area (Å²) < 4.78 is 4.70. The van der Waals surface area contributed by atoms with Gasteiger partial charge in [-0.2, -0.15) is 0 Å². The van der Waals surface area contributed by atoms with Crippen LogP contribution in [0, 0.1) is 0 Å². The summed E-state index contributed by atoms with van der Waals surface area (Å²) in [6, 6.07) is 9.35. The summed E-state index contributed by atoms with van der Waals surface area (Å²) in [5.41, 5.74) is 0.959. The van der Waals surface area contributed by atoms with Gasteiger partial charge in [-0.05, 0) is 38.1 Å². The van der Waals surface area contributed by atoms with Crippen molar-refractivity contribution in [3.63, 3.8) is 0 Å². The quantitative estimate of drug-likeness (QED) is 0.813. The number of nitrogens with one attached hydrogen (secondary N) is 2. The first-order valence-corrected chi connectivity index (χ1v) is 7.68. The van der Waals surface area contributed by atoms with Gasteiger partial charge in [-0.25, -0.2) is 4.79 Å².